The van der Waals surface area contributed by atoms with Crippen molar-refractivity contribution in [3.63, 3.8) is 0 Å². The van der Waals surface area contributed by atoms with Crippen LogP contribution in [-0.2, 0) is 0 Å². The van der Waals surface area contributed by atoms with Crippen molar-refractivity contribution < 1.29 is 13.9 Å². The number of amides is 2. The van der Waals surface area contributed by atoms with Gasteiger partial charge in [0.15, 0.2) is 0 Å². The van der Waals surface area contributed by atoms with Crippen molar-refractivity contribution in [1.29, 1.82) is 0 Å². The van der Waals surface area contributed by atoms with Crippen LogP contribution in [-0.4, -0.2) is 54.2 Å². The number of hydrogen-bond donors (Lipinski definition) is 1. The van der Waals surface area contributed by atoms with Crippen molar-refractivity contribution >= 4 is 11.8 Å². The van der Waals surface area contributed by atoms with E-state index >= 15 is 0 Å². The van der Waals surface area contributed by atoms with Gasteiger partial charge in [0.1, 0.15) is 23.2 Å². The second-order valence-electron chi connectivity index (χ2n) is 6.49. The molecule has 1 atom stereocenters. The molecule has 144 valence electrons. The number of methoxy groups -OCH3 is 1. The zero-order chi connectivity index (χ0) is 19.4. The first kappa shape index (κ1) is 18.9. The zero-order valence-corrected chi connectivity index (χ0v) is 15.8. The van der Waals surface area contributed by atoms with Gasteiger partial charge in [-0.2, -0.15) is 0 Å². The number of hydrogen-bond acceptors (Lipinski definition) is 5. The molecule has 2 heterocycles. The first-order valence-corrected chi connectivity index (χ1v) is 8.91. The molecule has 1 aliphatic rings. The lowest BCUT2D eigenvalue weighted by atomic mass is 10.1. The Kier molecular flexibility index (Phi) is 5.73. The number of nitrogens with one attached hydrogen (secondary N) is 1. The summed E-state index contributed by atoms with van der Waals surface area (Å²) >= 11 is 0. The number of carbonyl (C=O) groups is 1. The molecule has 0 saturated carbocycles. The monoisotopic (exact) mass is 373 g/mol. The van der Waals surface area contributed by atoms with Crippen LogP contribution < -0.4 is 15.0 Å². The highest BCUT2D eigenvalue weighted by Gasteiger charge is 2.24. The van der Waals surface area contributed by atoms with E-state index in [0.29, 0.717) is 37.5 Å². The Hall–Kier alpha value is -2.90. The van der Waals surface area contributed by atoms with E-state index in [1.807, 2.05) is 19.9 Å². The van der Waals surface area contributed by atoms with Gasteiger partial charge < -0.3 is 19.9 Å². The molecule has 1 saturated heterocycles. The van der Waals surface area contributed by atoms with E-state index < -0.39 is 0 Å². The Morgan fingerprint density at radius 3 is 2.67 bits per heavy atom. The number of carbonyl (C=O) groups excluding carboxylic acids is 1. The fraction of sp³-hybridized carbons (Fsp3) is 0.421. The molecule has 0 spiro atoms. The first-order chi connectivity index (χ1) is 13.0. The Balaban J connectivity index is 1.59. The minimum Gasteiger partial charge on any atom is -0.496 e. The summed E-state index contributed by atoms with van der Waals surface area (Å²) in [6.45, 7) is 6.23. The minimum atomic E-state index is -0.370. The van der Waals surface area contributed by atoms with Crippen LogP contribution in [0.3, 0.4) is 0 Å². The lowest BCUT2D eigenvalue weighted by molar-refractivity contribution is 0.191. The average molecular weight is 373 g/mol. The van der Waals surface area contributed by atoms with Gasteiger partial charge in [0.25, 0.3) is 0 Å². The fourth-order valence-corrected chi connectivity index (χ4v) is 3.16. The number of urea groups is 1. The maximum Gasteiger partial charge on any atom is 0.317 e. The second-order valence-corrected chi connectivity index (χ2v) is 6.49. The molecule has 0 aliphatic carbocycles. The highest BCUT2D eigenvalue weighted by molar-refractivity contribution is 5.75. The van der Waals surface area contributed by atoms with E-state index in [2.05, 4.69) is 20.2 Å². The van der Waals surface area contributed by atoms with Gasteiger partial charge in [-0.1, -0.05) is 0 Å². The average Bonchev–Trinajstić information content (AvgIpc) is 2.68. The summed E-state index contributed by atoms with van der Waals surface area (Å²) in [7, 11) is 1.53. The lowest BCUT2D eigenvalue weighted by Crippen LogP contribution is -2.52. The highest BCUT2D eigenvalue weighted by atomic mass is 19.1. The number of rotatable bonds is 4. The Labute approximate surface area is 158 Å². The van der Waals surface area contributed by atoms with Crippen molar-refractivity contribution in [2.45, 2.75) is 19.9 Å². The Morgan fingerprint density at radius 1 is 1.26 bits per heavy atom. The number of nitrogens with zero attached hydrogens (tertiary/aromatic N) is 4. The smallest absolute Gasteiger partial charge is 0.317 e. The predicted molar refractivity (Wildman–Crippen MR) is 100 cm³/mol. The van der Waals surface area contributed by atoms with Crippen LogP contribution in [0.15, 0.2) is 30.5 Å². The van der Waals surface area contributed by atoms with Gasteiger partial charge in [0, 0.05) is 37.9 Å². The van der Waals surface area contributed by atoms with Crippen LogP contribution >= 0.6 is 0 Å². The first-order valence-electron chi connectivity index (χ1n) is 8.91. The van der Waals surface area contributed by atoms with Crippen molar-refractivity contribution in [3.05, 3.63) is 47.7 Å². The molecule has 1 fully saturated rings. The third kappa shape index (κ3) is 4.45. The van der Waals surface area contributed by atoms with Gasteiger partial charge in [-0.3, -0.25) is 0 Å². The fourth-order valence-electron chi connectivity index (χ4n) is 3.16. The minimum absolute atomic E-state index is 0.174. The van der Waals surface area contributed by atoms with E-state index in [9.17, 15) is 9.18 Å². The third-order valence-electron chi connectivity index (χ3n) is 4.65. The highest BCUT2D eigenvalue weighted by Crippen LogP contribution is 2.26. The third-order valence-corrected chi connectivity index (χ3v) is 4.65. The lowest BCUT2D eigenvalue weighted by Gasteiger charge is -2.36. The van der Waals surface area contributed by atoms with Gasteiger partial charge >= 0.3 is 6.03 Å². The molecule has 8 heteroatoms. The van der Waals surface area contributed by atoms with Crippen LogP contribution in [0.4, 0.5) is 15.0 Å². The van der Waals surface area contributed by atoms with Gasteiger partial charge in [-0.05, 0) is 38.1 Å². The van der Waals surface area contributed by atoms with Crippen molar-refractivity contribution in [2.24, 2.45) is 0 Å². The summed E-state index contributed by atoms with van der Waals surface area (Å²) in [6, 6.07) is 5.62. The van der Waals surface area contributed by atoms with Gasteiger partial charge in [0.2, 0.25) is 0 Å². The standard InChI is InChI=1S/C19H24FN5O2/c1-13(16-12-15(20)4-5-17(16)27-3)22-19(26)25-10-8-24(9-11-25)18-6-7-21-14(2)23-18/h4-7,12-13H,8-11H2,1-3H3,(H,22,26). The van der Waals surface area contributed by atoms with Gasteiger partial charge in [-0.15, -0.1) is 0 Å². The maximum atomic E-state index is 13.6. The van der Waals surface area contributed by atoms with Crippen LogP contribution in [0.2, 0.25) is 0 Å². The number of aromatic nitrogens is 2. The normalized spacial score (nSPS) is 15.4. The summed E-state index contributed by atoms with van der Waals surface area (Å²) < 4.78 is 18.8. The quantitative estimate of drug-likeness (QED) is 0.892. The molecule has 0 radical (unpaired) electrons. The molecular formula is C19H24FN5O2. The molecule has 1 aromatic heterocycles. The van der Waals surface area contributed by atoms with Gasteiger partial charge in [-0.25, -0.2) is 19.2 Å². The molecule has 1 aromatic carbocycles. The number of piperazine rings is 1. The molecule has 3 rings (SSSR count). The molecule has 2 aromatic rings. The molecular weight excluding hydrogens is 349 g/mol. The Morgan fingerprint density at radius 2 is 2.00 bits per heavy atom. The molecule has 1 aliphatic heterocycles. The number of aryl methyl sites for hydroxylation is 1. The van der Waals surface area contributed by atoms with Gasteiger partial charge in [0.05, 0.1) is 13.2 Å². The van der Waals surface area contributed by atoms with E-state index in [1.54, 1.807) is 17.2 Å². The summed E-state index contributed by atoms with van der Waals surface area (Å²) in [6.07, 6.45) is 1.74. The number of halogens is 1. The molecule has 7 nitrogen and oxygen atoms in total. The number of ether oxygens (including phenoxy) is 1. The van der Waals surface area contributed by atoms with E-state index in [-0.39, 0.29) is 17.9 Å². The SMILES string of the molecule is COc1ccc(F)cc1C(C)NC(=O)N1CCN(c2ccnc(C)n2)CC1. The second kappa shape index (κ2) is 8.20. The van der Waals surface area contributed by atoms with Crippen LogP contribution in [0.5, 0.6) is 5.75 Å². The van der Waals surface area contributed by atoms with E-state index in [4.69, 9.17) is 4.74 Å². The van der Waals surface area contributed by atoms with Crippen molar-refractivity contribution in [2.75, 3.05) is 38.2 Å². The van der Waals surface area contributed by atoms with Crippen LogP contribution in [0.1, 0.15) is 24.4 Å². The largest absolute Gasteiger partial charge is 0.496 e. The molecule has 1 N–H and O–H groups in total. The van der Waals surface area contributed by atoms with Crippen LogP contribution in [0, 0.1) is 12.7 Å². The predicted octanol–water partition coefficient (Wildman–Crippen LogP) is 2.53. The molecule has 1 unspecified atom stereocenters. The molecule has 0 bridgehead atoms. The number of benzene rings is 1. The van der Waals surface area contributed by atoms with E-state index in [0.717, 1.165) is 11.6 Å². The molecule has 27 heavy (non-hydrogen) atoms. The summed E-state index contributed by atoms with van der Waals surface area (Å²) in [5.41, 5.74) is 0.612. The molecule has 2 amide bonds. The summed E-state index contributed by atoms with van der Waals surface area (Å²) in [5.74, 6) is 1.79. The van der Waals surface area contributed by atoms with Crippen LogP contribution in [0.25, 0.3) is 0 Å². The number of anilines is 1. The summed E-state index contributed by atoms with van der Waals surface area (Å²) in [5, 5.41) is 2.93. The summed E-state index contributed by atoms with van der Waals surface area (Å²) in [4.78, 5) is 25.0. The maximum absolute atomic E-state index is 13.6. The Bertz CT molecular complexity index is 808. The zero-order valence-electron chi connectivity index (χ0n) is 15.8. The topological polar surface area (TPSA) is 70.6 Å². The van der Waals surface area contributed by atoms with Crippen molar-refractivity contribution in [1.82, 2.24) is 20.2 Å². The van der Waals surface area contributed by atoms with E-state index in [1.165, 1.54) is 19.2 Å². The van der Waals surface area contributed by atoms with Crippen molar-refractivity contribution in [3.8, 4) is 5.75 Å².